The third-order valence-corrected chi connectivity index (χ3v) is 6.44. The Balaban J connectivity index is 1.40. The van der Waals surface area contributed by atoms with Gasteiger partial charge in [0.1, 0.15) is 23.5 Å². The molecule has 2 heterocycles. The first kappa shape index (κ1) is 19.9. The molecule has 1 amide bonds. The van der Waals surface area contributed by atoms with Crippen molar-refractivity contribution in [3.8, 4) is 11.5 Å². The molecule has 1 unspecified atom stereocenters. The molecule has 144 valence electrons. The van der Waals surface area contributed by atoms with Gasteiger partial charge in [0.05, 0.1) is 7.11 Å². The molecule has 7 heteroatoms. The van der Waals surface area contributed by atoms with Gasteiger partial charge < -0.3 is 14.4 Å². The van der Waals surface area contributed by atoms with Gasteiger partial charge in [0.2, 0.25) is 5.91 Å². The van der Waals surface area contributed by atoms with Gasteiger partial charge in [-0.15, -0.1) is 11.8 Å². The predicted molar refractivity (Wildman–Crippen MR) is 111 cm³/mol. The van der Waals surface area contributed by atoms with Crippen LogP contribution in [0.4, 0.5) is 0 Å². The highest BCUT2D eigenvalue weighted by Gasteiger charge is 2.29. The van der Waals surface area contributed by atoms with E-state index >= 15 is 0 Å². The number of ether oxygens (including phenoxy) is 2. The zero-order valence-corrected chi connectivity index (χ0v) is 17.0. The number of methoxy groups -OCH3 is 1. The molecule has 5 nitrogen and oxygen atoms in total. The number of rotatable bonds is 9. The number of benzene rings is 1. The molecule has 0 spiro atoms. The fraction of sp³-hybridized carbons (Fsp3) is 0.400. The first-order valence-corrected chi connectivity index (χ1v) is 11.1. The zero-order valence-electron chi connectivity index (χ0n) is 15.4. The highest BCUT2D eigenvalue weighted by atomic mass is 32.2. The fourth-order valence-electron chi connectivity index (χ4n) is 2.76. The van der Waals surface area contributed by atoms with E-state index in [2.05, 4.69) is 11.1 Å². The number of amides is 1. The maximum Gasteiger partial charge on any atom is 0.224 e. The molecule has 1 fully saturated rings. The number of hydrogen-bond acceptors (Lipinski definition) is 6. The van der Waals surface area contributed by atoms with Gasteiger partial charge in [-0.3, -0.25) is 9.78 Å². The van der Waals surface area contributed by atoms with Crippen LogP contribution in [-0.4, -0.2) is 52.9 Å². The minimum Gasteiger partial charge on any atom is -0.497 e. The van der Waals surface area contributed by atoms with Gasteiger partial charge in [0.15, 0.2) is 0 Å². The molecule has 0 N–H and O–H groups in total. The summed E-state index contributed by atoms with van der Waals surface area (Å²) in [5.41, 5.74) is 1.19. The Hall–Kier alpha value is -1.86. The smallest absolute Gasteiger partial charge is 0.224 e. The van der Waals surface area contributed by atoms with E-state index in [0.29, 0.717) is 13.0 Å². The first-order chi connectivity index (χ1) is 13.3. The molecule has 1 aromatic carbocycles. The molecule has 1 aromatic heterocycles. The van der Waals surface area contributed by atoms with Gasteiger partial charge in [-0.2, -0.15) is 11.8 Å². The van der Waals surface area contributed by atoms with E-state index in [1.165, 1.54) is 5.56 Å². The van der Waals surface area contributed by atoms with Crippen molar-refractivity contribution in [1.82, 2.24) is 9.88 Å². The van der Waals surface area contributed by atoms with Crippen LogP contribution in [0.15, 0.2) is 48.8 Å². The van der Waals surface area contributed by atoms with E-state index in [4.69, 9.17) is 9.47 Å². The second kappa shape index (κ2) is 10.5. The van der Waals surface area contributed by atoms with E-state index in [-0.39, 0.29) is 11.3 Å². The number of aromatic nitrogens is 1. The first-order valence-electron chi connectivity index (χ1n) is 8.91. The van der Waals surface area contributed by atoms with Crippen molar-refractivity contribution in [2.45, 2.75) is 17.5 Å². The summed E-state index contributed by atoms with van der Waals surface area (Å²) < 4.78 is 11.0. The maximum atomic E-state index is 12.6. The lowest BCUT2D eigenvalue weighted by molar-refractivity contribution is -0.131. The molecule has 2 aromatic rings. The third-order valence-electron chi connectivity index (χ3n) is 4.21. The summed E-state index contributed by atoms with van der Waals surface area (Å²) in [6.07, 6.45) is 4.21. The quantitative estimate of drug-likeness (QED) is 0.594. The number of nitrogens with zero attached hydrogens (tertiary/aromatic N) is 2. The fourth-order valence-corrected chi connectivity index (χ4v) is 4.77. The molecule has 0 aliphatic carbocycles. The summed E-state index contributed by atoms with van der Waals surface area (Å²) in [5, 5.41) is 0.0860. The van der Waals surface area contributed by atoms with Gasteiger partial charge in [-0.25, -0.2) is 0 Å². The Morgan fingerprint density at radius 1 is 1.30 bits per heavy atom. The second-order valence-corrected chi connectivity index (χ2v) is 8.45. The average Bonchev–Trinajstić information content (AvgIpc) is 3.19. The third kappa shape index (κ3) is 6.07. The van der Waals surface area contributed by atoms with Crippen LogP contribution in [0.3, 0.4) is 0 Å². The molecular weight excluding hydrogens is 380 g/mol. The summed E-state index contributed by atoms with van der Waals surface area (Å²) in [4.78, 5) is 18.6. The van der Waals surface area contributed by atoms with Crippen LogP contribution in [0.1, 0.15) is 12.0 Å². The summed E-state index contributed by atoms with van der Waals surface area (Å²) in [6.45, 7) is 1.30. The highest BCUT2D eigenvalue weighted by molar-refractivity contribution is 8.00. The van der Waals surface area contributed by atoms with E-state index in [0.717, 1.165) is 35.3 Å². The minimum atomic E-state index is 0.0860. The Bertz CT molecular complexity index is 713. The average molecular weight is 405 g/mol. The standard InChI is InChI=1S/C20H24N2O3S2/c1-24-17-4-6-18(7-5-17)25-14-20-22(10-12-27-20)19(23)8-11-26-15-16-3-2-9-21-13-16/h2-7,9,13,20H,8,10-12,14-15H2,1H3. The molecule has 1 saturated heterocycles. The summed E-state index contributed by atoms with van der Waals surface area (Å²) in [5.74, 6) is 4.48. The lowest BCUT2D eigenvalue weighted by atomic mass is 10.3. The van der Waals surface area contributed by atoms with E-state index < -0.39 is 0 Å². The molecular formula is C20H24N2O3S2. The minimum absolute atomic E-state index is 0.0860. The van der Waals surface area contributed by atoms with Crippen LogP contribution < -0.4 is 9.47 Å². The molecule has 1 aliphatic rings. The molecule has 0 saturated carbocycles. The van der Waals surface area contributed by atoms with Crippen LogP contribution in [0.25, 0.3) is 0 Å². The van der Waals surface area contributed by atoms with Crippen molar-refractivity contribution in [2.24, 2.45) is 0 Å². The molecule has 3 rings (SSSR count). The summed E-state index contributed by atoms with van der Waals surface area (Å²) in [7, 11) is 1.64. The van der Waals surface area contributed by atoms with Gasteiger partial charge in [-0.1, -0.05) is 6.07 Å². The van der Waals surface area contributed by atoms with Crippen molar-refractivity contribution in [3.05, 3.63) is 54.4 Å². The number of hydrogen-bond donors (Lipinski definition) is 0. The Labute approximate surface area is 168 Å². The lowest BCUT2D eigenvalue weighted by Gasteiger charge is -2.24. The van der Waals surface area contributed by atoms with Crippen molar-refractivity contribution in [2.75, 3.05) is 31.8 Å². The number of pyridine rings is 1. The second-order valence-electron chi connectivity index (χ2n) is 6.06. The highest BCUT2D eigenvalue weighted by Crippen LogP contribution is 2.26. The summed E-state index contributed by atoms with van der Waals surface area (Å²) >= 11 is 3.55. The van der Waals surface area contributed by atoms with Crippen molar-refractivity contribution in [3.63, 3.8) is 0 Å². The maximum absolute atomic E-state index is 12.6. The van der Waals surface area contributed by atoms with Crippen LogP contribution in [0, 0.1) is 0 Å². The normalized spacial score (nSPS) is 16.3. The van der Waals surface area contributed by atoms with Crippen LogP contribution in [0.5, 0.6) is 11.5 Å². The summed E-state index contributed by atoms with van der Waals surface area (Å²) in [6, 6.07) is 11.5. The van der Waals surface area contributed by atoms with Gasteiger partial charge >= 0.3 is 0 Å². The Morgan fingerprint density at radius 3 is 2.85 bits per heavy atom. The number of carbonyl (C=O) groups excluding carboxylic acids is 1. The van der Waals surface area contributed by atoms with Crippen molar-refractivity contribution in [1.29, 1.82) is 0 Å². The van der Waals surface area contributed by atoms with Crippen LogP contribution >= 0.6 is 23.5 Å². The van der Waals surface area contributed by atoms with Crippen LogP contribution in [0.2, 0.25) is 0 Å². The molecule has 0 bridgehead atoms. The van der Waals surface area contributed by atoms with Crippen LogP contribution in [-0.2, 0) is 10.5 Å². The van der Waals surface area contributed by atoms with E-state index in [1.807, 2.05) is 41.4 Å². The number of carbonyl (C=O) groups is 1. The number of thioether (sulfide) groups is 2. The molecule has 27 heavy (non-hydrogen) atoms. The Kier molecular flexibility index (Phi) is 7.71. The Morgan fingerprint density at radius 2 is 2.11 bits per heavy atom. The topological polar surface area (TPSA) is 51.7 Å². The lowest BCUT2D eigenvalue weighted by Crippen LogP contribution is -2.38. The largest absolute Gasteiger partial charge is 0.497 e. The molecule has 0 radical (unpaired) electrons. The van der Waals surface area contributed by atoms with Crippen molar-refractivity contribution >= 4 is 29.4 Å². The predicted octanol–water partition coefficient (Wildman–Crippen LogP) is 3.69. The SMILES string of the molecule is COc1ccc(OCC2SCCN2C(=O)CCSCc2cccnc2)cc1. The van der Waals surface area contributed by atoms with Gasteiger partial charge in [-0.05, 0) is 35.9 Å². The van der Waals surface area contributed by atoms with Gasteiger partial charge in [0, 0.05) is 42.6 Å². The molecule has 1 atom stereocenters. The molecule has 1 aliphatic heterocycles. The van der Waals surface area contributed by atoms with Gasteiger partial charge in [0.25, 0.3) is 0 Å². The zero-order chi connectivity index (χ0) is 18.9. The van der Waals surface area contributed by atoms with E-state index in [1.54, 1.807) is 36.8 Å². The monoisotopic (exact) mass is 404 g/mol. The van der Waals surface area contributed by atoms with Crippen molar-refractivity contribution < 1.29 is 14.3 Å². The van der Waals surface area contributed by atoms with E-state index in [9.17, 15) is 4.79 Å².